The number of benzene rings is 1. The number of non-ortho nitro benzene ring substituents is 1. The molecule has 0 fully saturated rings. The normalized spacial score (nSPS) is 10.9. The second-order valence-corrected chi connectivity index (χ2v) is 6.26. The molecular formula is C15H15N3O2S. The summed E-state index contributed by atoms with van der Waals surface area (Å²) in [6, 6.07) is 10.4. The van der Waals surface area contributed by atoms with Crippen molar-refractivity contribution in [1.29, 1.82) is 5.26 Å². The highest BCUT2D eigenvalue weighted by Crippen LogP contribution is 2.29. The number of rotatable bonds is 5. The van der Waals surface area contributed by atoms with Gasteiger partial charge in [-0.15, -0.1) is 11.3 Å². The Morgan fingerprint density at radius 1 is 1.43 bits per heavy atom. The number of hydrogen-bond acceptors (Lipinski definition) is 5. The minimum absolute atomic E-state index is 0.0744. The van der Waals surface area contributed by atoms with Crippen LogP contribution in [0.15, 0.2) is 35.7 Å². The van der Waals surface area contributed by atoms with Crippen LogP contribution in [0.5, 0.6) is 0 Å². The average Bonchev–Trinajstić information content (AvgIpc) is 3.00. The lowest BCUT2D eigenvalue weighted by molar-refractivity contribution is -0.384. The van der Waals surface area contributed by atoms with Crippen LogP contribution in [0, 0.1) is 21.4 Å². The number of thiophene rings is 1. The standard InChI is InChI=1S/C15H15N3O2S/c1-15(2,14-4-3-7-21-14)10-17-13-6-5-12(18(19)20)8-11(13)9-16/h3-8,17H,10H2,1-2H3. The number of nitro benzene ring substituents is 1. The van der Waals surface area contributed by atoms with Gasteiger partial charge in [-0.25, -0.2) is 0 Å². The van der Waals surface area contributed by atoms with E-state index in [1.165, 1.54) is 17.0 Å². The molecule has 1 aromatic heterocycles. The van der Waals surface area contributed by atoms with Crippen LogP contribution in [0.25, 0.3) is 0 Å². The van der Waals surface area contributed by atoms with Crippen LogP contribution in [-0.2, 0) is 5.41 Å². The molecule has 0 amide bonds. The molecular weight excluding hydrogens is 286 g/mol. The predicted octanol–water partition coefficient (Wildman–Crippen LogP) is 3.92. The van der Waals surface area contributed by atoms with Crippen molar-refractivity contribution in [3.8, 4) is 6.07 Å². The molecule has 108 valence electrons. The molecule has 5 nitrogen and oxygen atoms in total. The molecule has 2 rings (SSSR count). The van der Waals surface area contributed by atoms with Gasteiger partial charge < -0.3 is 5.32 Å². The monoisotopic (exact) mass is 301 g/mol. The summed E-state index contributed by atoms with van der Waals surface area (Å²) in [5, 5.41) is 25.1. The molecule has 0 spiro atoms. The Morgan fingerprint density at radius 2 is 2.19 bits per heavy atom. The zero-order valence-electron chi connectivity index (χ0n) is 11.8. The molecule has 0 aliphatic heterocycles. The summed E-state index contributed by atoms with van der Waals surface area (Å²) in [7, 11) is 0. The molecule has 0 atom stereocenters. The SMILES string of the molecule is CC(C)(CNc1ccc([N+](=O)[O-])cc1C#N)c1cccs1. The van der Waals surface area contributed by atoms with Crippen LogP contribution in [-0.4, -0.2) is 11.5 Å². The second-order valence-electron chi connectivity index (χ2n) is 5.31. The van der Waals surface area contributed by atoms with Gasteiger partial charge in [0.1, 0.15) is 6.07 Å². The van der Waals surface area contributed by atoms with Crippen molar-refractivity contribution in [3.63, 3.8) is 0 Å². The molecule has 0 aliphatic rings. The number of nitriles is 1. The quantitative estimate of drug-likeness (QED) is 0.670. The van der Waals surface area contributed by atoms with Gasteiger partial charge in [-0.2, -0.15) is 5.26 Å². The fourth-order valence-electron chi connectivity index (χ4n) is 1.96. The Labute approximate surface area is 127 Å². The highest BCUT2D eigenvalue weighted by atomic mass is 32.1. The topological polar surface area (TPSA) is 79.0 Å². The first-order chi connectivity index (χ1) is 9.94. The van der Waals surface area contributed by atoms with Crippen LogP contribution in [0.4, 0.5) is 11.4 Å². The van der Waals surface area contributed by atoms with Gasteiger partial charge in [-0.3, -0.25) is 10.1 Å². The molecule has 0 unspecified atom stereocenters. The summed E-state index contributed by atoms with van der Waals surface area (Å²) in [5.41, 5.74) is 0.747. The number of nitro groups is 1. The lowest BCUT2D eigenvalue weighted by Gasteiger charge is -2.24. The van der Waals surface area contributed by atoms with E-state index in [2.05, 4.69) is 25.2 Å². The van der Waals surface area contributed by atoms with Gasteiger partial charge in [0, 0.05) is 29.0 Å². The predicted molar refractivity (Wildman–Crippen MR) is 83.6 cm³/mol. The second kappa shape index (κ2) is 5.94. The number of nitrogens with one attached hydrogen (secondary N) is 1. The van der Waals surface area contributed by atoms with Gasteiger partial charge in [0.05, 0.1) is 16.2 Å². The molecule has 0 saturated carbocycles. The maximum absolute atomic E-state index is 10.7. The molecule has 0 radical (unpaired) electrons. The first-order valence-corrected chi connectivity index (χ1v) is 7.28. The largest absolute Gasteiger partial charge is 0.383 e. The lowest BCUT2D eigenvalue weighted by Crippen LogP contribution is -2.26. The maximum Gasteiger partial charge on any atom is 0.270 e. The smallest absolute Gasteiger partial charge is 0.270 e. The Morgan fingerprint density at radius 3 is 2.76 bits per heavy atom. The van der Waals surface area contributed by atoms with Crippen LogP contribution in [0.2, 0.25) is 0 Å². The first kappa shape index (κ1) is 15.0. The van der Waals surface area contributed by atoms with E-state index in [0.717, 1.165) is 0 Å². The fourth-order valence-corrected chi connectivity index (χ4v) is 2.81. The first-order valence-electron chi connectivity index (χ1n) is 6.40. The minimum atomic E-state index is -0.500. The van der Waals surface area contributed by atoms with Gasteiger partial charge >= 0.3 is 0 Å². The molecule has 6 heteroatoms. The van der Waals surface area contributed by atoms with E-state index in [-0.39, 0.29) is 16.7 Å². The van der Waals surface area contributed by atoms with E-state index in [1.54, 1.807) is 17.4 Å². The lowest BCUT2D eigenvalue weighted by atomic mass is 9.91. The summed E-state index contributed by atoms with van der Waals surface area (Å²) in [6.07, 6.45) is 0. The summed E-state index contributed by atoms with van der Waals surface area (Å²) < 4.78 is 0. The van der Waals surface area contributed by atoms with Crippen LogP contribution in [0.1, 0.15) is 24.3 Å². The van der Waals surface area contributed by atoms with E-state index in [1.807, 2.05) is 17.5 Å². The van der Waals surface area contributed by atoms with Crippen LogP contribution < -0.4 is 5.32 Å². The van der Waals surface area contributed by atoms with E-state index < -0.39 is 4.92 Å². The van der Waals surface area contributed by atoms with Crippen molar-refractivity contribution in [2.75, 3.05) is 11.9 Å². The Bertz CT molecular complexity index is 687. The Balaban J connectivity index is 2.17. The van der Waals surface area contributed by atoms with Crippen molar-refractivity contribution in [2.45, 2.75) is 19.3 Å². The van der Waals surface area contributed by atoms with Gasteiger partial charge in [0.2, 0.25) is 0 Å². The minimum Gasteiger partial charge on any atom is -0.383 e. The average molecular weight is 301 g/mol. The van der Waals surface area contributed by atoms with E-state index in [4.69, 9.17) is 5.26 Å². The zero-order chi connectivity index (χ0) is 15.5. The maximum atomic E-state index is 10.7. The highest BCUT2D eigenvalue weighted by Gasteiger charge is 2.22. The fraction of sp³-hybridized carbons (Fsp3) is 0.267. The van der Waals surface area contributed by atoms with Crippen molar-refractivity contribution < 1.29 is 4.92 Å². The van der Waals surface area contributed by atoms with Gasteiger partial charge in [0.25, 0.3) is 5.69 Å². The number of nitrogens with zero attached hydrogens (tertiary/aromatic N) is 2. The van der Waals surface area contributed by atoms with E-state index >= 15 is 0 Å². The van der Waals surface area contributed by atoms with Gasteiger partial charge in [-0.05, 0) is 17.5 Å². The zero-order valence-corrected chi connectivity index (χ0v) is 12.6. The third-order valence-corrected chi connectivity index (χ3v) is 4.48. The van der Waals surface area contributed by atoms with Gasteiger partial charge in [-0.1, -0.05) is 19.9 Å². The van der Waals surface area contributed by atoms with E-state index in [0.29, 0.717) is 12.2 Å². The molecule has 0 aliphatic carbocycles. The molecule has 0 bridgehead atoms. The summed E-state index contributed by atoms with van der Waals surface area (Å²) in [4.78, 5) is 11.5. The molecule has 1 heterocycles. The highest BCUT2D eigenvalue weighted by molar-refractivity contribution is 7.10. The van der Waals surface area contributed by atoms with Crippen molar-refractivity contribution in [1.82, 2.24) is 0 Å². The van der Waals surface area contributed by atoms with Gasteiger partial charge in [0.15, 0.2) is 0 Å². The number of anilines is 1. The van der Waals surface area contributed by atoms with Crippen LogP contribution in [0.3, 0.4) is 0 Å². The summed E-state index contributed by atoms with van der Waals surface area (Å²) in [5.74, 6) is 0. The molecule has 2 aromatic rings. The van der Waals surface area contributed by atoms with Crippen molar-refractivity contribution in [3.05, 3.63) is 56.3 Å². The number of hydrogen-bond donors (Lipinski definition) is 1. The van der Waals surface area contributed by atoms with Crippen LogP contribution >= 0.6 is 11.3 Å². The third-order valence-electron chi connectivity index (χ3n) is 3.24. The molecule has 1 aromatic carbocycles. The van der Waals surface area contributed by atoms with E-state index in [9.17, 15) is 10.1 Å². The van der Waals surface area contributed by atoms with Crippen molar-refractivity contribution >= 4 is 22.7 Å². The summed E-state index contributed by atoms with van der Waals surface area (Å²) in [6.45, 7) is 4.87. The molecule has 0 saturated heterocycles. The van der Waals surface area contributed by atoms with Crippen molar-refractivity contribution in [2.24, 2.45) is 0 Å². The molecule has 21 heavy (non-hydrogen) atoms. The Kier molecular flexibility index (Phi) is 4.24. The summed E-state index contributed by atoms with van der Waals surface area (Å²) >= 11 is 1.69. The third kappa shape index (κ3) is 3.38. The molecule has 1 N–H and O–H groups in total. The Hall–Kier alpha value is -2.39.